The number of carbonyl (C=O) groups excluding carboxylic acids is 1. The monoisotopic (exact) mass is 394 g/mol. The molecule has 10 heteroatoms. The highest BCUT2D eigenvalue weighted by atomic mass is 32.2. The van der Waals surface area contributed by atoms with Gasteiger partial charge in [0.1, 0.15) is 5.76 Å². The van der Waals surface area contributed by atoms with E-state index in [0.29, 0.717) is 23.3 Å². The van der Waals surface area contributed by atoms with Crippen molar-refractivity contribution in [3.8, 4) is 11.4 Å². The lowest BCUT2D eigenvalue weighted by Crippen LogP contribution is -2.55. The van der Waals surface area contributed by atoms with Crippen molar-refractivity contribution in [3.05, 3.63) is 18.1 Å². The van der Waals surface area contributed by atoms with Gasteiger partial charge in [-0.2, -0.15) is 0 Å². The van der Waals surface area contributed by atoms with Gasteiger partial charge in [0.05, 0.1) is 30.8 Å². The Morgan fingerprint density at radius 3 is 2.78 bits per heavy atom. The SMILES string of the molecule is Cc1occc1-c1nnc(SCC(=O)NCC(C)(C)N2CCOCC2)n1N. The van der Waals surface area contributed by atoms with Gasteiger partial charge in [-0.15, -0.1) is 10.2 Å². The number of furan rings is 1. The third-order valence-electron chi connectivity index (χ3n) is 4.68. The average molecular weight is 395 g/mol. The third kappa shape index (κ3) is 4.63. The molecule has 2 aromatic heterocycles. The molecule has 0 unspecified atom stereocenters. The zero-order valence-corrected chi connectivity index (χ0v) is 16.7. The fraction of sp³-hybridized carbons (Fsp3) is 0.588. The summed E-state index contributed by atoms with van der Waals surface area (Å²) in [6, 6.07) is 1.79. The predicted molar refractivity (Wildman–Crippen MR) is 103 cm³/mol. The number of aryl methyl sites for hydroxylation is 1. The molecule has 1 aliphatic rings. The minimum absolute atomic E-state index is 0.0645. The highest BCUT2D eigenvalue weighted by Crippen LogP contribution is 2.24. The summed E-state index contributed by atoms with van der Waals surface area (Å²) in [6.45, 7) is 9.88. The number of hydrogen-bond donors (Lipinski definition) is 2. The molecular formula is C17H26N6O3S. The largest absolute Gasteiger partial charge is 0.469 e. The molecule has 3 N–H and O–H groups in total. The van der Waals surface area contributed by atoms with Crippen LogP contribution in [-0.4, -0.2) is 69.8 Å². The number of nitrogens with two attached hydrogens (primary N) is 1. The van der Waals surface area contributed by atoms with Crippen molar-refractivity contribution in [1.82, 2.24) is 25.1 Å². The van der Waals surface area contributed by atoms with Gasteiger partial charge in [0.15, 0.2) is 5.82 Å². The van der Waals surface area contributed by atoms with Crippen molar-refractivity contribution in [3.63, 3.8) is 0 Å². The molecule has 3 heterocycles. The van der Waals surface area contributed by atoms with Crippen molar-refractivity contribution in [1.29, 1.82) is 0 Å². The number of hydrogen-bond acceptors (Lipinski definition) is 8. The first-order valence-electron chi connectivity index (χ1n) is 8.86. The molecule has 1 saturated heterocycles. The average Bonchev–Trinajstić information content (AvgIpc) is 3.24. The van der Waals surface area contributed by atoms with E-state index in [1.165, 1.54) is 16.4 Å². The Morgan fingerprint density at radius 1 is 1.37 bits per heavy atom. The molecule has 9 nitrogen and oxygen atoms in total. The number of carbonyl (C=O) groups is 1. The summed E-state index contributed by atoms with van der Waals surface area (Å²) in [7, 11) is 0. The predicted octanol–water partition coefficient (Wildman–Crippen LogP) is 0.879. The third-order valence-corrected chi connectivity index (χ3v) is 5.63. The number of ether oxygens (including phenoxy) is 1. The molecule has 0 atom stereocenters. The van der Waals surface area contributed by atoms with E-state index in [-0.39, 0.29) is 17.2 Å². The van der Waals surface area contributed by atoms with Crippen LogP contribution in [0.15, 0.2) is 21.9 Å². The fourth-order valence-electron chi connectivity index (χ4n) is 2.95. The van der Waals surface area contributed by atoms with E-state index >= 15 is 0 Å². The van der Waals surface area contributed by atoms with E-state index in [9.17, 15) is 4.79 Å². The second kappa shape index (κ2) is 8.32. The van der Waals surface area contributed by atoms with E-state index in [2.05, 4.69) is 34.3 Å². The van der Waals surface area contributed by atoms with Crippen LogP contribution in [-0.2, 0) is 9.53 Å². The van der Waals surface area contributed by atoms with Crippen LogP contribution in [0, 0.1) is 6.92 Å². The van der Waals surface area contributed by atoms with Crippen LogP contribution < -0.4 is 11.2 Å². The Kier molecular flexibility index (Phi) is 6.08. The molecule has 0 radical (unpaired) electrons. The van der Waals surface area contributed by atoms with Gasteiger partial charge in [0.25, 0.3) is 0 Å². The molecule has 1 fully saturated rings. The van der Waals surface area contributed by atoms with E-state index in [1.54, 1.807) is 12.3 Å². The molecule has 27 heavy (non-hydrogen) atoms. The topological polar surface area (TPSA) is 111 Å². The van der Waals surface area contributed by atoms with Crippen LogP contribution >= 0.6 is 11.8 Å². The molecule has 0 aromatic carbocycles. The number of nitrogen functional groups attached to an aromatic ring is 1. The molecular weight excluding hydrogens is 368 g/mol. The van der Waals surface area contributed by atoms with E-state index in [0.717, 1.165) is 31.9 Å². The minimum atomic E-state index is -0.121. The lowest BCUT2D eigenvalue weighted by atomic mass is 10.0. The number of amides is 1. The number of nitrogens with one attached hydrogen (secondary N) is 1. The summed E-state index contributed by atoms with van der Waals surface area (Å²) in [4.78, 5) is 14.6. The number of thioether (sulfide) groups is 1. The summed E-state index contributed by atoms with van der Waals surface area (Å²) >= 11 is 1.25. The molecule has 148 valence electrons. The van der Waals surface area contributed by atoms with Crippen LogP contribution in [0.3, 0.4) is 0 Å². The maximum Gasteiger partial charge on any atom is 0.230 e. The number of nitrogens with zero attached hydrogens (tertiary/aromatic N) is 4. The van der Waals surface area contributed by atoms with Crippen LogP contribution in [0.5, 0.6) is 0 Å². The smallest absolute Gasteiger partial charge is 0.230 e. The number of aromatic nitrogens is 3. The quantitative estimate of drug-likeness (QED) is 0.526. The van der Waals surface area contributed by atoms with Gasteiger partial charge in [0.2, 0.25) is 11.1 Å². The summed E-state index contributed by atoms with van der Waals surface area (Å²) in [5.74, 6) is 7.45. The number of rotatable bonds is 7. The van der Waals surface area contributed by atoms with Crippen molar-refractivity contribution in [2.24, 2.45) is 0 Å². The van der Waals surface area contributed by atoms with E-state index in [4.69, 9.17) is 15.0 Å². The van der Waals surface area contributed by atoms with Crippen molar-refractivity contribution in [2.45, 2.75) is 31.5 Å². The van der Waals surface area contributed by atoms with Crippen molar-refractivity contribution < 1.29 is 13.9 Å². The molecule has 2 aromatic rings. The minimum Gasteiger partial charge on any atom is -0.469 e. The fourth-order valence-corrected chi connectivity index (χ4v) is 3.64. The summed E-state index contributed by atoms with van der Waals surface area (Å²) in [6.07, 6.45) is 1.58. The zero-order chi connectivity index (χ0) is 19.4. The molecule has 0 spiro atoms. The lowest BCUT2D eigenvalue weighted by molar-refractivity contribution is -0.119. The summed E-state index contributed by atoms with van der Waals surface area (Å²) < 4.78 is 12.0. The molecule has 0 saturated carbocycles. The second-order valence-corrected chi connectivity index (χ2v) is 7.99. The molecule has 1 amide bonds. The van der Waals surface area contributed by atoms with Crippen LogP contribution in [0.25, 0.3) is 11.4 Å². The Labute approximate surface area is 162 Å². The van der Waals surface area contributed by atoms with Crippen molar-refractivity contribution >= 4 is 17.7 Å². The zero-order valence-electron chi connectivity index (χ0n) is 15.9. The standard InChI is InChI=1S/C17H26N6O3S/c1-12-13(4-7-26-12)15-20-21-16(23(15)18)27-10-14(24)19-11-17(2,3)22-5-8-25-9-6-22/h4,7H,5-6,8-11,18H2,1-3H3,(H,19,24). The maximum atomic E-state index is 12.3. The van der Waals surface area contributed by atoms with Gasteiger partial charge in [0, 0.05) is 25.2 Å². The van der Waals surface area contributed by atoms with Gasteiger partial charge >= 0.3 is 0 Å². The first-order valence-corrected chi connectivity index (χ1v) is 9.84. The Balaban J connectivity index is 1.51. The van der Waals surface area contributed by atoms with Gasteiger partial charge in [-0.1, -0.05) is 11.8 Å². The first kappa shape index (κ1) is 19.7. The first-order chi connectivity index (χ1) is 12.9. The Bertz CT molecular complexity index is 781. The van der Waals surface area contributed by atoms with Gasteiger partial charge in [-0.25, -0.2) is 4.68 Å². The summed E-state index contributed by atoms with van der Waals surface area (Å²) in [5, 5.41) is 11.7. The molecule has 1 aliphatic heterocycles. The van der Waals surface area contributed by atoms with Crippen LogP contribution in [0.4, 0.5) is 0 Å². The van der Waals surface area contributed by atoms with Crippen molar-refractivity contribution in [2.75, 3.05) is 44.4 Å². The lowest BCUT2D eigenvalue weighted by Gasteiger charge is -2.40. The Morgan fingerprint density at radius 2 is 2.11 bits per heavy atom. The van der Waals surface area contributed by atoms with Crippen LogP contribution in [0.1, 0.15) is 19.6 Å². The van der Waals surface area contributed by atoms with E-state index < -0.39 is 0 Å². The molecule has 0 aliphatic carbocycles. The van der Waals surface area contributed by atoms with Gasteiger partial charge < -0.3 is 20.3 Å². The maximum absolute atomic E-state index is 12.3. The Hall–Kier alpha value is -2.04. The number of morpholine rings is 1. The highest BCUT2D eigenvalue weighted by Gasteiger charge is 2.28. The van der Waals surface area contributed by atoms with Gasteiger partial charge in [-0.05, 0) is 26.8 Å². The van der Waals surface area contributed by atoms with Crippen LogP contribution in [0.2, 0.25) is 0 Å². The molecule has 3 rings (SSSR count). The highest BCUT2D eigenvalue weighted by molar-refractivity contribution is 7.99. The second-order valence-electron chi connectivity index (χ2n) is 7.04. The molecule has 0 bridgehead atoms. The summed E-state index contributed by atoms with van der Waals surface area (Å²) in [5.41, 5.74) is 0.665. The normalized spacial score (nSPS) is 15.8. The van der Waals surface area contributed by atoms with E-state index in [1.807, 2.05) is 6.92 Å². The van der Waals surface area contributed by atoms with Gasteiger partial charge in [-0.3, -0.25) is 9.69 Å².